The van der Waals surface area contributed by atoms with E-state index in [2.05, 4.69) is 10.0 Å². The molecular weight excluding hydrogens is 423 g/mol. The minimum atomic E-state index is -3.86. The smallest absolute Gasteiger partial charge is 0.263 e. The number of halogens is 2. The number of nitrogens with zero attached hydrogens (tertiary/aromatic N) is 1. The van der Waals surface area contributed by atoms with Crippen molar-refractivity contribution in [1.82, 2.24) is 0 Å². The van der Waals surface area contributed by atoms with Gasteiger partial charge in [0.2, 0.25) is 5.88 Å². The predicted molar refractivity (Wildman–Crippen MR) is 110 cm³/mol. The predicted octanol–water partition coefficient (Wildman–Crippen LogP) is 4.60. The molecule has 0 spiro atoms. The molecular formula is C18H14Cl2N4O3S. The van der Waals surface area contributed by atoms with Gasteiger partial charge in [0.25, 0.3) is 10.0 Å². The molecule has 10 heteroatoms. The summed E-state index contributed by atoms with van der Waals surface area (Å²) in [5, 5.41) is 11.8. The maximum atomic E-state index is 12.6. The third kappa shape index (κ3) is 3.42. The van der Waals surface area contributed by atoms with Gasteiger partial charge < -0.3 is 14.6 Å². The largest absolute Gasteiger partial charge is 0.448 e. The van der Waals surface area contributed by atoms with Gasteiger partial charge in [-0.2, -0.15) is 0 Å². The van der Waals surface area contributed by atoms with E-state index in [1.165, 1.54) is 24.5 Å². The number of hydrogen-bond donors (Lipinski definition) is 3. The van der Waals surface area contributed by atoms with Crippen LogP contribution < -0.4 is 14.9 Å². The van der Waals surface area contributed by atoms with Crippen LogP contribution in [-0.2, 0) is 10.0 Å². The zero-order valence-electron chi connectivity index (χ0n) is 14.2. The molecule has 3 N–H and O–H groups in total. The van der Waals surface area contributed by atoms with Crippen molar-refractivity contribution < 1.29 is 12.8 Å². The lowest BCUT2D eigenvalue weighted by atomic mass is 10.2. The Morgan fingerprint density at radius 1 is 1.11 bits per heavy atom. The summed E-state index contributed by atoms with van der Waals surface area (Å²) in [4.78, 5) is 1.68. The lowest BCUT2D eigenvalue weighted by molar-refractivity contribution is 0.577. The molecule has 144 valence electrons. The van der Waals surface area contributed by atoms with Crippen molar-refractivity contribution >= 4 is 56.3 Å². The van der Waals surface area contributed by atoms with Gasteiger partial charge in [-0.15, -0.1) is 0 Å². The van der Waals surface area contributed by atoms with E-state index in [9.17, 15) is 8.42 Å². The molecule has 1 aliphatic rings. The van der Waals surface area contributed by atoms with Gasteiger partial charge in [-0.05, 0) is 48.5 Å². The van der Waals surface area contributed by atoms with Gasteiger partial charge in [-0.1, -0.05) is 23.2 Å². The Balaban J connectivity index is 1.55. The molecule has 7 nitrogen and oxygen atoms in total. The molecule has 0 unspecified atom stereocenters. The average molecular weight is 437 g/mol. The van der Waals surface area contributed by atoms with Crippen molar-refractivity contribution in [3.8, 4) is 0 Å². The molecule has 0 radical (unpaired) electrons. The maximum absolute atomic E-state index is 12.6. The van der Waals surface area contributed by atoms with Crippen LogP contribution in [0.25, 0.3) is 0 Å². The van der Waals surface area contributed by atoms with Crippen LogP contribution in [-0.4, -0.2) is 20.9 Å². The lowest BCUT2D eigenvalue weighted by Crippen LogP contribution is -2.39. The molecule has 28 heavy (non-hydrogen) atoms. The highest BCUT2D eigenvalue weighted by atomic mass is 35.5. The zero-order valence-corrected chi connectivity index (χ0v) is 16.6. The molecule has 1 aliphatic heterocycles. The second-order valence-corrected chi connectivity index (χ2v) is 8.50. The standard InChI is InChI=1S/C18H14Cl2N4O3S/c19-11-1-6-16(15(20)9-11)28(25,26)23-12-2-4-13(5-3-12)24-10-22-18-14(17(24)21)7-8-27-18/h1-9,21-23H,10H2. The van der Waals surface area contributed by atoms with E-state index < -0.39 is 10.0 Å². The zero-order chi connectivity index (χ0) is 19.9. The van der Waals surface area contributed by atoms with Gasteiger partial charge in [-0.3, -0.25) is 10.1 Å². The highest BCUT2D eigenvalue weighted by Crippen LogP contribution is 2.29. The number of fused-ring (bicyclic) bond motifs is 1. The number of amidine groups is 1. The number of rotatable bonds is 4. The van der Waals surface area contributed by atoms with Crippen LogP contribution in [0.15, 0.2) is 64.1 Å². The first-order chi connectivity index (χ1) is 13.3. The summed E-state index contributed by atoms with van der Waals surface area (Å²) in [5.41, 5.74) is 1.76. The molecule has 0 atom stereocenters. The van der Waals surface area contributed by atoms with E-state index >= 15 is 0 Å². The summed E-state index contributed by atoms with van der Waals surface area (Å²) in [5.74, 6) is 0.856. The maximum Gasteiger partial charge on any atom is 0.263 e. The monoisotopic (exact) mass is 436 g/mol. The van der Waals surface area contributed by atoms with Crippen LogP contribution in [0.3, 0.4) is 0 Å². The molecule has 0 saturated carbocycles. The van der Waals surface area contributed by atoms with Crippen LogP contribution in [0, 0.1) is 5.41 Å². The number of sulfonamides is 1. The fraction of sp³-hybridized carbons (Fsp3) is 0.0556. The van der Waals surface area contributed by atoms with E-state index in [1.807, 2.05) is 0 Å². The summed E-state index contributed by atoms with van der Waals surface area (Å²) >= 11 is 11.8. The second-order valence-electron chi connectivity index (χ2n) is 6.00. The fourth-order valence-corrected chi connectivity index (χ4v) is 4.67. The molecule has 4 rings (SSSR count). The fourth-order valence-electron chi connectivity index (χ4n) is 2.84. The number of nitrogens with one attached hydrogen (secondary N) is 3. The Labute approximate surface area is 171 Å². The third-order valence-electron chi connectivity index (χ3n) is 4.20. The summed E-state index contributed by atoms with van der Waals surface area (Å²) in [6.07, 6.45) is 1.52. The first kappa shape index (κ1) is 18.7. The third-order valence-corrected chi connectivity index (χ3v) is 6.30. The molecule has 0 amide bonds. The van der Waals surface area contributed by atoms with E-state index in [-0.39, 0.29) is 9.92 Å². The summed E-state index contributed by atoms with van der Waals surface area (Å²) < 4.78 is 32.9. The molecule has 0 aliphatic carbocycles. The van der Waals surface area contributed by atoms with Crippen molar-refractivity contribution in [2.75, 3.05) is 21.6 Å². The first-order valence-corrected chi connectivity index (χ1v) is 10.3. The van der Waals surface area contributed by atoms with Gasteiger partial charge in [0.05, 0.1) is 23.5 Å². The average Bonchev–Trinajstić information content (AvgIpc) is 3.12. The minimum absolute atomic E-state index is 0.0420. The number of benzene rings is 2. The number of hydrogen-bond acceptors (Lipinski definition) is 5. The topological polar surface area (TPSA) is 98.4 Å². The van der Waals surface area contributed by atoms with Crippen molar-refractivity contribution in [3.63, 3.8) is 0 Å². The SMILES string of the molecule is N=C1c2ccoc2NCN1c1ccc(NS(=O)(=O)c2ccc(Cl)cc2Cl)cc1. The molecule has 0 fully saturated rings. The molecule has 2 aromatic carbocycles. The van der Waals surface area contributed by atoms with E-state index in [4.69, 9.17) is 33.0 Å². The Morgan fingerprint density at radius 2 is 1.86 bits per heavy atom. The highest BCUT2D eigenvalue weighted by molar-refractivity contribution is 7.92. The van der Waals surface area contributed by atoms with Crippen LogP contribution in [0.4, 0.5) is 17.3 Å². The second kappa shape index (κ2) is 7.05. The van der Waals surface area contributed by atoms with Crippen LogP contribution in [0.2, 0.25) is 10.0 Å². The molecule has 3 aromatic rings. The van der Waals surface area contributed by atoms with E-state index in [1.54, 1.807) is 35.2 Å². The molecule has 1 aromatic heterocycles. The highest BCUT2D eigenvalue weighted by Gasteiger charge is 2.24. The van der Waals surface area contributed by atoms with Gasteiger partial charge in [-0.25, -0.2) is 8.42 Å². The van der Waals surface area contributed by atoms with Crippen LogP contribution in [0.5, 0.6) is 0 Å². The Bertz CT molecular complexity index is 1160. The Kier molecular flexibility index (Phi) is 4.70. The van der Waals surface area contributed by atoms with Crippen LogP contribution >= 0.6 is 23.2 Å². The van der Waals surface area contributed by atoms with Crippen molar-refractivity contribution in [3.05, 3.63) is 70.4 Å². The molecule has 2 heterocycles. The molecule has 0 saturated heterocycles. The van der Waals surface area contributed by atoms with Gasteiger partial charge in [0.1, 0.15) is 10.7 Å². The first-order valence-electron chi connectivity index (χ1n) is 8.11. The van der Waals surface area contributed by atoms with Gasteiger partial charge in [0, 0.05) is 16.4 Å². The summed E-state index contributed by atoms with van der Waals surface area (Å²) in [7, 11) is -3.86. The molecule has 0 bridgehead atoms. The van der Waals surface area contributed by atoms with Crippen molar-refractivity contribution in [2.45, 2.75) is 4.90 Å². The normalized spacial score (nSPS) is 13.8. The summed E-state index contributed by atoms with van der Waals surface area (Å²) in [6, 6.07) is 12.6. The van der Waals surface area contributed by atoms with Crippen molar-refractivity contribution in [2.24, 2.45) is 0 Å². The van der Waals surface area contributed by atoms with Crippen molar-refractivity contribution in [1.29, 1.82) is 5.41 Å². The van der Waals surface area contributed by atoms with E-state index in [0.29, 0.717) is 34.7 Å². The number of anilines is 3. The minimum Gasteiger partial charge on any atom is -0.448 e. The van der Waals surface area contributed by atoms with E-state index in [0.717, 1.165) is 5.69 Å². The number of furan rings is 1. The summed E-state index contributed by atoms with van der Waals surface area (Å²) in [6.45, 7) is 0.366. The quantitative estimate of drug-likeness (QED) is 0.554. The van der Waals surface area contributed by atoms with Crippen LogP contribution in [0.1, 0.15) is 5.56 Å². The van der Waals surface area contributed by atoms with Gasteiger partial charge >= 0.3 is 0 Å². The van der Waals surface area contributed by atoms with Gasteiger partial charge in [0.15, 0.2) is 0 Å². The Morgan fingerprint density at radius 3 is 2.57 bits per heavy atom. The lowest BCUT2D eigenvalue weighted by Gasteiger charge is -2.29. The Hall–Kier alpha value is -2.68.